The second-order valence-corrected chi connectivity index (χ2v) is 7.10. The molecule has 0 aromatic heterocycles. The molecule has 0 bridgehead atoms. The number of carbonyl (C=O) groups is 2. The fourth-order valence-corrected chi connectivity index (χ4v) is 4.26. The Morgan fingerprint density at radius 3 is 2.83 bits per heavy atom. The van der Waals surface area contributed by atoms with Crippen molar-refractivity contribution in [2.75, 3.05) is 13.1 Å². The van der Waals surface area contributed by atoms with E-state index in [0.717, 1.165) is 25.7 Å². The van der Waals surface area contributed by atoms with Crippen molar-refractivity contribution in [1.82, 2.24) is 10.2 Å². The highest BCUT2D eigenvalue weighted by Crippen LogP contribution is 2.40. The lowest BCUT2D eigenvalue weighted by atomic mass is 9.84. The first-order valence-corrected chi connectivity index (χ1v) is 9.05. The third kappa shape index (κ3) is 3.42. The molecule has 5 nitrogen and oxygen atoms in total. The van der Waals surface area contributed by atoms with E-state index in [1.807, 2.05) is 0 Å². The molecule has 1 aromatic carbocycles. The van der Waals surface area contributed by atoms with Crippen molar-refractivity contribution >= 4 is 23.4 Å². The van der Waals surface area contributed by atoms with Crippen molar-refractivity contribution in [2.45, 2.75) is 44.2 Å². The summed E-state index contributed by atoms with van der Waals surface area (Å²) < 4.78 is 0. The molecule has 3 rings (SSSR count). The SMILES string of the molecule is NCCNC(=O)C1CC2CCCCC2N1C(=O)c1cccc(Cl)c1. The smallest absolute Gasteiger partial charge is 0.254 e. The maximum Gasteiger partial charge on any atom is 0.254 e. The van der Waals surface area contributed by atoms with E-state index in [-0.39, 0.29) is 17.9 Å². The van der Waals surface area contributed by atoms with E-state index in [1.165, 1.54) is 6.42 Å². The summed E-state index contributed by atoms with van der Waals surface area (Å²) in [5.41, 5.74) is 6.03. The summed E-state index contributed by atoms with van der Waals surface area (Å²) in [4.78, 5) is 27.5. The number of rotatable bonds is 4. The largest absolute Gasteiger partial charge is 0.353 e. The second-order valence-electron chi connectivity index (χ2n) is 6.67. The molecule has 1 aliphatic heterocycles. The van der Waals surface area contributed by atoms with Crippen molar-refractivity contribution < 1.29 is 9.59 Å². The average Bonchev–Trinajstić information content (AvgIpc) is 2.98. The predicted octanol–water partition coefficient (Wildman–Crippen LogP) is 2.19. The summed E-state index contributed by atoms with van der Waals surface area (Å²) in [5.74, 6) is 0.223. The van der Waals surface area contributed by atoms with Gasteiger partial charge in [-0.1, -0.05) is 30.5 Å². The van der Waals surface area contributed by atoms with E-state index >= 15 is 0 Å². The molecule has 1 aliphatic carbocycles. The van der Waals surface area contributed by atoms with Gasteiger partial charge < -0.3 is 16.0 Å². The molecule has 1 heterocycles. The number of nitrogens with zero attached hydrogens (tertiary/aromatic N) is 1. The first kappa shape index (κ1) is 17.2. The van der Waals surface area contributed by atoms with Crippen molar-refractivity contribution in [1.29, 1.82) is 0 Å². The van der Waals surface area contributed by atoms with Crippen LogP contribution in [-0.4, -0.2) is 41.9 Å². The van der Waals surface area contributed by atoms with Crippen LogP contribution in [0.4, 0.5) is 0 Å². The van der Waals surface area contributed by atoms with Gasteiger partial charge in [-0.3, -0.25) is 9.59 Å². The van der Waals surface area contributed by atoms with Gasteiger partial charge in [-0.25, -0.2) is 0 Å². The highest BCUT2D eigenvalue weighted by Gasteiger charge is 2.47. The summed E-state index contributed by atoms with van der Waals surface area (Å²) in [5, 5.41) is 3.38. The van der Waals surface area contributed by atoms with Crippen molar-refractivity contribution in [2.24, 2.45) is 11.7 Å². The van der Waals surface area contributed by atoms with Crippen LogP contribution in [-0.2, 0) is 4.79 Å². The van der Waals surface area contributed by atoms with Gasteiger partial charge in [-0.2, -0.15) is 0 Å². The maximum absolute atomic E-state index is 13.1. The molecule has 0 spiro atoms. The van der Waals surface area contributed by atoms with E-state index in [9.17, 15) is 9.59 Å². The summed E-state index contributed by atoms with van der Waals surface area (Å²) in [7, 11) is 0. The van der Waals surface area contributed by atoms with E-state index < -0.39 is 6.04 Å². The number of hydrogen-bond acceptors (Lipinski definition) is 3. The van der Waals surface area contributed by atoms with Gasteiger partial charge in [-0.05, 0) is 43.4 Å². The van der Waals surface area contributed by atoms with Crippen LogP contribution in [0.1, 0.15) is 42.5 Å². The van der Waals surface area contributed by atoms with Crippen LogP contribution in [0.15, 0.2) is 24.3 Å². The van der Waals surface area contributed by atoms with Crippen LogP contribution in [0.25, 0.3) is 0 Å². The molecule has 2 fully saturated rings. The Hall–Kier alpha value is -1.59. The standard InChI is InChI=1S/C18H24ClN3O2/c19-14-6-3-5-13(10-14)18(24)22-15-7-2-1-4-12(15)11-16(22)17(23)21-9-8-20/h3,5-6,10,12,15-16H,1-2,4,7-9,11,20H2,(H,21,23). The maximum atomic E-state index is 13.1. The predicted molar refractivity (Wildman–Crippen MR) is 93.8 cm³/mol. The Morgan fingerprint density at radius 1 is 1.29 bits per heavy atom. The number of nitrogens with one attached hydrogen (secondary N) is 1. The number of halogens is 1. The van der Waals surface area contributed by atoms with Gasteiger partial charge in [0.05, 0.1) is 0 Å². The molecule has 0 radical (unpaired) electrons. The van der Waals surface area contributed by atoms with Crippen LogP contribution in [0.3, 0.4) is 0 Å². The molecule has 1 saturated carbocycles. The molecule has 1 saturated heterocycles. The minimum absolute atomic E-state index is 0.0924. The van der Waals surface area contributed by atoms with Crippen LogP contribution in [0.5, 0.6) is 0 Å². The summed E-state index contributed by atoms with van der Waals surface area (Å²) in [6.45, 7) is 0.831. The topological polar surface area (TPSA) is 75.4 Å². The Balaban J connectivity index is 1.87. The number of likely N-dealkylation sites (tertiary alicyclic amines) is 1. The van der Waals surface area contributed by atoms with E-state index in [1.54, 1.807) is 29.2 Å². The number of fused-ring (bicyclic) bond motifs is 1. The normalized spacial score (nSPS) is 26.1. The van der Waals surface area contributed by atoms with Gasteiger partial charge in [0.2, 0.25) is 5.91 Å². The van der Waals surface area contributed by atoms with Crippen molar-refractivity contribution in [3.63, 3.8) is 0 Å². The van der Waals surface area contributed by atoms with Crippen LogP contribution >= 0.6 is 11.6 Å². The Morgan fingerprint density at radius 2 is 2.08 bits per heavy atom. The van der Waals surface area contributed by atoms with Gasteiger partial charge in [0, 0.05) is 29.7 Å². The van der Waals surface area contributed by atoms with Gasteiger partial charge in [-0.15, -0.1) is 0 Å². The first-order valence-electron chi connectivity index (χ1n) is 8.68. The Kier molecular flexibility index (Phi) is 5.41. The number of benzene rings is 1. The molecule has 2 aliphatic rings. The molecular weight excluding hydrogens is 326 g/mol. The van der Waals surface area contributed by atoms with Crippen molar-refractivity contribution in [3.05, 3.63) is 34.9 Å². The first-order chi connectivity index (χ1) is 11.6. The number of carbonyl (C=O) groups excluding carboxylic acids is 2. The van der Waals surface area contributed by atoms with Crippen LogP contribution in [0.2, 0.25) is 5.02 Å². The lowest BCUT2D eigenvalue weighted by Crippen LogP contribution is -2.50. The van der Waals surface area contributed by atoms with E-state index in [2.05, 4.69) is 5.32 Å². The Labute approximate surface area is 147 Å². The zero-order chi connectivity index (χ0) is 17.1. The van der Waals surface area contributed by atoms with Crippen LogP contribution in [0, 0.1) is 5.92 Å². The molecule has 3 unspecified atom stereocenters. The average molecular weight is 350 g/mol. The lowest BCUT2D eigenvalue weighted by Gasteiger charge is -2.33. The highest BCUT2D eigenvalue weighted by atomic mass is 35.5. The summed E-state index contributed by atoms with van der Waals surface area (Å²) >= 11 is 6.04. The van der Waals surface area contributed by atoms with Gasteiger partial charge in [0.15, 0.2) is 0 Å². The number of amides is 2. The van der Waals surface area contributed by atoms with Crippen molar-refractivity contribution in [3.8, 4) is 0 Å². The minimum atomic E-state index is -0.406. The molecular formula is C18H24ClN3O2. The zero-order valence-electron chi connectivity index (χ0n) is 13.7. The molecule has 1 aromatic rings. The highest BCUT2D eigenvalue weighted by molar-refractivity contribution is 6.31. The molecule has 2 amide bonds. The van der Waals surface area contributed by atoms with Gasteiger partial charge >= 0.3 is 0 Å². The molecule has 3 N–H and O–H groups in total. The quantitative estimate of drug-likeness (QED) is 0.874. The minimum Gasteiger partial charge on any atom is -0.353 e. The number of hydrogen-bond donors (Lipinski definition) is 2. The fourth-order valence-electron chi connectivity index (χ4n) is 4.07. The van der Waals surface area contributed by atoms with Gasteiger partial charge in [0.25, 0.3) is 5.91 Å². The third-order valence-corrected chi connectivity index (χ3v) is 5.38. The van der Waals surface area contributed by atoms with E-state index in [0.29, 0.717) is 29.6 Å². The molecule has 130 valence electrons. The Bertz CT molecular complexity index is 622. The third-order valence-electron chi connectivity index (χ3n) is 5.14. The lowest BCUT2D eigenvalue weighted by molar-refractivity contribution is -0.125. The molecule has 24 heavy (non-hydrogen) atoms. The van der Waals surface area contributed by atoms with Gasteiger partial charge in [0.1, 0.15) is 6.04 Å². The van der Waals surface area contributed by atoms with E-state index in [4.69, 9.17) is 17.3 Å². The zero-order valence-corrected chi connectivity index (χ0v) is 14.5. The molecule has 6 heteroatoms. The van der Waals surface area contributed by atoms with Crippen LogP contribution < -0.4 is 11.1 Å². The summed E-state index contributed by atoms with van der Waals surface area (Å²) in [6.07, 6.45) is 5.09. The monoisotopic (exact) mass is 349 g/mol. The fraction of sp³-hybridized carbons (Fsp3) is 0.556. The molecule has 3 atom stereocenters. The second kappa shape index (κ2) is 7.53. The number of nitrogens with two attached hydrogens (primary N) is 1. The summed E-state index contributed by atoms with van der Waals surface area (Å²) in [6, 6.07) is 6.70.